The minimum absolute atomic E-state index is 0.0790. The van der Waals surface area contributed by atoms with E-state index in [0.29, 0.717) is 6.20 Å². The number of aromatic carboxylic acids is 1. The third-order valence-corrected chi connectivity index (χ3v) is 2.42. The lowest BCUT2D eigenvalue weighted by Gasteiger charge is -2.15. The van der Waals surface area contributed by atoms with Crippen molar-refractivity contribution >= 4 is 21.9 Å². The zero-order valence-corrected chi connectivity index (χ0v) is 10.5. The molecule has 0 aliphatic carbocycles. The van der Waals surface area contributed by atoms with Crippen molar-refractivity contribution in [3.8, 4) is 11.5 Å². The molecule has 0 aromatic carbocycles. The first-order valence-corrected chi connectivity index (χ1v) is 5.53. The number of carboxylic acids is 1. The fourth-order valence-corrected chi connectivity index (χ4v) is 1.76. The number of carbonyl (C=O) groups is 1. The number of hydrogen-bond acceptors (Lipinski definition) is 4. The molecule has 0 spiro atoms. The first-order valence-electron chi connectivity index (χ1n) is 4.41. The minimum Gasteiger partial charge on any atom is -0.494 e. The highest BCUT2D eigenvalue weighted by Gasteiger charge is 2.33. The van der Waals surface area contributed by atoms with E-state index in [1.807, 2.05) is 0 Å². The predicted molar refractivity (Wildman–Crippen MR) is 57.1 cm³/mol. The molecule has 0 radical (unpaired) electrons. The smallest absolute Gasteiger partial charge is 0.494 e. The predicted octanol–water partition coefficient (Wildman–Crippen LogP) is 2.58. The van der Waals surface area contributed by atoms with Gasteiger partial charge in [0.1, 0.15) is 0 Å². The summed E-state index contributed by atoms with van der Waals surface area (Å²) < 4.78 is 44.9. The van der Waals surface area contributed by atoms with E-state index in [1.54, 1.807) is 0 Å². The fourth-order valence-electron chi connectivity index (χ4n) is 1.23. The van der Waals surface area contributed by atoms with Gasteiger partial charge in [0.25, 0.3) is 0 Å². The van der Waals surface area contributed by atoms with Crippen LogP contribution in [0.25, 0.3) is 0 Å². The lowest BCUT2D eigenvalue weighted by atomic mass is 10.2. The third kappa shape index (κ3) is 3.25. The Morgan fingerprint density at radius 1 is 1.56 bits per heavy atom. The van der Waals surface area contributed by atoms with E-state index >= 15 is 0 Å². The molecule has 0 fully saturated rings. The van der Waals surface area contributed by atoms with Crippen LogP contribution in [-0.2, 0) is 5.33 Å². The van der Waals surface area contributed by atoms with Crippen molar-refractivity contribution in [2.24, 2.45) is 0 Å². The third-order valence-electron chi connectivity index (χ3n) is 1.86. The molecule has 0 unspecified atom stereocenters. The van der Waals surface area contributed by atoms with Gasteiger partial charge in [-0.15, -0.1) is 13.2 Å². The van der Waals surface area contributed by atoms with Crippen LogP contribution in [0, 0.1) is 0 Å². The molecule has 1 heterocycles. The van der Waals surface area contributed by atoms with Crippen LogP contribution in [0.1, 0.15) is 16.1 Å². The highest BCUT2D eigenvalue weighted by Crippen LogP contribution is 2.35. The normalized spacial score (nSPS) is 11.2. The summed E-state index contributed by atoms with van der Waals surface area (Å²) in [5, 5.41) is 8.74. The molecule has 18 heavy (non-hydrogen) atoms. The first kappa shape index (κ1) is 14.6. The van der Waals surface area contributed by atoms with Crippen LogP contribution < -0.4 is 9.47 Å². The summed E-state index contributed by atoms with van der Waals surface area (Å²) in [7, 11) is 1.13. The van der Waals surface area contributed by atoms with E-state index in [0.717, 1.165) is 7.11 Å². The molecule has 0 atom stereocenters. The SMILES string of the molecule is COc1c(C(=O)O)ncc(OC(F)(F)F)c1CBr. The van der Waals surface area contributed by atoms with E-state index in [-0.39, 0.29) is 16.6 Å². The molecule has 0 bridgehead atoms. The molecule has 0 aliphatic rings. The second-order valence-corrected chi connectivity index (χ2v) is 3.53. The van der Waals surface area contributed by atoms with Crippen molar-refractivity contribution < 1.29 is 32.5 Å². The average molecular weight is 330 g/mol. The van der Waals surface area contributed by atoms with Crippen molar-refractivity contribution in [1.29, 1.82) is 0 Å². The first-order chi connectivity index (χ1) is 8.30. The monoisotopic (exact) mass is 329 g/mol. The molecule has 1 N–H and O–H groups in total. The van der Waals surface area contributed by atoms with Gasteiger partial charge in [-0.1, -0.05) is 15.9 Å². The molecule has 1 aromatic rings. The van der Waals surface area contributed by atoms with E-state index in [2.05, 4.69) is 25.7 Å². The topological polar surface area (TPSA) is 68.7 Å². The second-order valence-electron chi connectivity index (χ2n) is 2.97. The van der Waals surface area contributed by atoms with Gasteiger partial charge in [0.2, 0.25) is 0 Å². The van der Waals surface area contributed by atoms with Gasteiger partial charge in [0.15, 0.2) is 17.2 Å². The lowest BCUT2D eigenvalue weighted by Crippen LogP contribution is -2.19. The van der Waals surface area contributed by atoms with Crippen molar-refractivity contribution in [3.05, 3.63) is 17.5 Å². The molecule has 0 aliphatic heterocycles. The average Bonchev–Trinajstić information content (AvgIpc) is 2.25. The van der Waals surface area contributed by atoms with Gasteiger partial charge in [-0.2, -0.15) is 0 Å². The van der Waals surface area contributed by atoms with E-state index in [1.165, 1.54) is 0 Å². The number of rotatable bonds is 4. The summed E-state index contributed by atoms with van der Waals surface area (Å²) in [6.07, 6.45) is -4.20. The number of alkyl halides is 4. The molecule has 0 saturated carbocycles. The van der Waals surface area contributed by atoms with Crippen LogP contribution in [0.15, 0.2) is 6.20 Å². The standard InChI is InChI=1S/C9H7BrF3NO4/c1-17-7-4(2-10)5(18-9(11,12)13)3-14-6(7)8(15)16/h3H,2H2,1H3,(H,15,16). The maximum atomic E-state index is 12.1. The number of ether oxygens (including phenoxy) is 2. The summed E-state index contributed by atoms with van der Waals surface area (Å²) in [6, 6.07) is 0. The molecule has 9 heteroatoms. The van der Waals surface area contributed by atoms with E-state index < -0.39 is 23.8 Å². The van der Waals surface area contributed by atoms with Crippen LogP contribution in [0.3, 0.4) is 0 Å². The number of halogens is 4. The number of methoxy groups -OCH3 is 1. The Balaban J connectivity index is 3.34. The quantitative estimate of drug-likeness (QED) is 0.860. The lowest BCUT2D eigenvalue weighted by molar-refractivity contribution is -0.275. The molecule has 100 valence electrons. The van der Waals surface area contributed by atoms with Gasteiger partial charge in [0.05, 0.1) is 18.9 Å². The summed E-state index contributed by atoms with van der Waals surface area (Å²) >= 11 is 2.94. The van der Waals surface area contributed by atoms with E-state index in [9.17, 15) is 18.0 Å². The molecule has 5 nitrogen and oxygen atoms in total. The highest BCUT2D eigenvalue weighted by atomic mass is 79.9. The number of hydrogen-bond donors (Lipinski definition) is 1. The molecule has 1 rings (SSSR count). The van der Waals surface area contributed by atoms with Crippen LogP contribution >= 0.6 is 15.9 Å². The van der Waals surface area contributed by atoms with Gasteiger partial charge < -0.3 is 14.6 Å². The maximum Gasteiger partial charge on any atom is 0.573 e. The summed E-state index contributed by atoms with van der Waals surface area (Å²) in [5.74, 6) is -2.30. The Bertz CT molecular complexity index is 464. The number of aromatic nitrogens is 1. The summed E-state index contributed by atoms with van der Waals surface area (Å²) in [4.78, 5) is 14.2. The molecule has 0 amide bonds. The van der Waals surface area contributed by atoms with Crippen molar-refractivity contribution in [2.75, 3.05) is 7.11 Å². The zero-order chi connectivity index (χ0) is 13.9. The Morgan fingerprint density at radius 3 is 2.56 bits per heavy atom. The largest absolute Gasteiger partial charge is 0.573 e. The number of carboxylic acid groups (broad SMARTS) is 1. The molecule has 0 saturated heterocycles. The van der Waals surface area contributed by atoms with Gasteiger partial charge in [-0.3, -0.25) is 0 Å². The Kier molecular flexibility index (Phi) is 4.38. The maximum absolute atomic E-state index is 12.1. The second kappa shape index (κ2) is 5.42. The van der Waals surface area contributed by atoms with Gasteiger partial charge in [0, 0.05) is 5.33 Å². The van der Waals surface area contributed by atoms with Gasteiger partial charge >= 0.3 is 12.3 Å². The summed E-state index contributed by atoms with van der Waals surface area (Å²) in [6.45, 7) is 0. The van der Waals surface area contributed by atoms with Crippen molar-refractivity contribution in [1.82, 2.24) is 4.98 Å². The Morgan fingerprint density at radius 2 is 2.17 bits per heavy atom. The van der Waals surface area contributed by atoms with Crippen LogP contribution in [-0.4, -0.2) is 29.5 Å². The molecular formula is C9H7BrF3NO4. The highest BCUT2D eigenvalue weighted by molar-refractivity contribution is 9.08. The minimum atomic E-state index is -4.89. The van der Waals surface area contributed by atoms with E-state index in [4.69, 9.17) is 9.84 Å². The van der Waals surface area contributed by atoms with Crippen LogP contribution in [0.2, 0.25) is 0 Å². The molecule has 1 aromatic heterocycles. The van der Waals surface area contributed by atoms with Crippen molar-refractivity contribution in [3.63, 3.8) is 0 Å². The van der Waals surface area contributed by atoms with Crippen LogP contribution in [0.5, 0.6) is 11.5 Å². The fraction of sp³-hybridized carbons (Fsp3) is 0.333. The van der Waals surface area contributed by atoms with Gasteiger partial charge in [-0.05, 0) is 0 Å². The molecular weight excluding hydrogens is 323 g/mol. The Labute approximate surface area is 108 Å². The van der Waals surface area contributed by atoms with Gasteiger partial charge in [-0.25, -0.2) is 9.78 Å². The zero-order valence-electron chi connectivity index (χ0n) is 8.92. The van der Waals surface area contributed by atoms with Crippen LogP contribution in [0.4, 0.5) is 13.2 Å². The number of nitrogens with zero attached hydrogens (tertiary/aromatic N) is 1. The summed E-state index contributed by atoms with van der Waals surface area (Å²) in [5.41, 5.74) is -0.566. The van der Waals surface area contributed by atoms with Crippen molar-refractivity contribution in [2.45, 2.75) is 11.7 Å². The number of pyridine rings is 1. The Hall–Kier alpha value is -1.51.